The van der Waals surface area contributed by atoms with Crippen molar-refractivity contribution in [1.82, 2.24) is 0 Å². The topological polar surface area (TPSA) is 40.0 Å². The second kappa shape index (κ2) is 3.30. The van der Waals surface area contributed by atoms with Crippen molar-refractivity contribution in [2.75, 3.05) is 7.11 Å². The van der Waals surface area contributed by atoms with Crippen LogP contribution in [0.5, 0.6) is 0 Å². The van der Waals surface area contributed by atoms with Crippen molar-refractivity contribution in [2.24, 2.45) is 4.99 Å². The standard InChI is InChI=1S/C12H13NO3/c1-8-13-11-10(9-6-4-3-5-7-9)16-12(11,14-2)15-8/h3-7,10-11H,1-2H3/t10-,11-,12-/m0/s1. The molecular weight excluding hydrogens is 206 g/mol. The first-order valence-electron chi connectivity index (χ1n) is 5.26. The van der Waals surface area contributed by atoms with E-state index in [0.29, 0.717) is 5.90 Å². The Hall–Kier alpha value is -1.39. The molecule has 0 amide bonds. The summed E-state index contributed by atoms with van der Waals surface area (Å²) in [5, 5.41) is 0. The monoisotopic (exact) mass is 219 g/mol. The quantitative estimate of drug-likeness (QED) is 0.762. The summed E-state index contributed by atoms with van der Waals surface area (Å²) in [5.41, 5.74) is 1.10. The SMILES string of the molecule is CO[C@]12OC(C)=N[C@H]1[C@H](c1ccccc1)O2. The number of methoxy groups -OCH3 is 1. The molecular formula is C12H13NO3. The predicted octanol–water partition coefficient (Wildman–Crippen LogP) is 1.88. The van der Waals surface area contributed by atoms with Gasteiger partial charge in [0.2, 0.25) is 0 Å². The van der Waals surface area contributed by atoms with Crippen LogP contribution >= 0.6 is 0 Å². The number of hydrogen-bond acceptors (Lipinski definition) is 4. The van der Waals surface area contributed by atoms with Gasteiger partial charge in [-0.25, -0.2) is 4.99 Å². The van der Waals surface area contributed by atoms with E-state index in [0.717, 1.165) is 5.56 Å². The van der Waals surface area contributed by atoms with E-state index in [1.165, 1.54) is 0 Å². The van der Waals surface area contributed by atoms with Crippen LogP contribution in [0.1, 0.15) is 18.6 Å². The second-order valence-electron chi connectivity index (χ2n) is 3.95. The summed E-state index contributed by atoms with van der Waals surface area (Å²) in [7, 11) is 1.57. The molecule has 1 aromatic carbocycles. The summed E-state index contributed by atoms with van der Waals surface area (Å²) >= 11 is 0. The van der Waals surface area contributed by atoms with E-state index >= 15 is 0 Å². The van der Waals surface area contributed by atoms with Gasteiger partial charge < -0.3 is 14.2 Å². The van der Waals surface area contributed by atoms with E-state index in [9.17, 15) is 0 Å². The highest BCUT2D eigenvalue weighted by Gasteiger charge is 2.63. The highest BCUT2D eigenvalue weighted by molar-refractivity contribution is 5.76. The molecule has 3 rings (SSSR count). The molecule has 0 aromatic heterocycles. The average Bonchev–Trinajstić information content (AvgIpc) is 2.55. The van der Waals surface area contributed by atoms with Crippen LogP contribution in [0.4, 0.5) is 0 Å². The first-order valence-corrected chi connectivity index (χ1v) is 5.26. The Morgan fingerprint density at radius 1 is 1.31 bits per heavy atom. The van der Waals surface area contributed by atoms with Gasteiger partial charge in [0, 0.05) is 14.0 Å². The molecule has 1 fully saturated rings. The van der Waals surface area contributed by atoms with Crippen LogP contribution in [0.3, 0.4) is 0 Å². The van der Waals surface area contributed by atoms with Crippen molar-refractivity contribution in [3.05, 3.63) is 35.9 Å². The summed E-state index contributed by atoms with van der Waals surface area (Å²) in [6.07, 6.45) is -0.0707. The third kappa shape index (κ3) is 1.20. The van der Waals surface area contributed by atoms with Gasteiger partial charge in [0.15, 0.2) is 11.9 Å². The molecule has 16 heavy (non-hydrogen) atoms. The first-order chi connectivity index (χ1) is 7.75. The fourth-order valence-electron chi connectivity index (χ4n) is 2.19. The van der Waals surface area contributed by atoms with Crippen LogP contribution in [-0.2, 0) is 14.2 Å². The Balaban J connectivity index is 1.88. The lowest BCUT2D eigenvalue weighted by Gasteiger charge is -2.45. The lowest BCUT2D eigenvalue weighted by Crippen LogP contribution is -2.58. The minimum Gasteiger partial charge on any atom is -0.424 e. The molecule has 0 saturated carbocycles. The Morgan fingerprint density at radius 3 is 2.75 bits per heavy atom. The minimum atomic E-state index is -0.982. The van der Waals surface area contributed by atoms with Crippen molar-refractivity contribution in [1.29, 1.82) is 0 Å². The molecule has 84 valence electrons. The molecule has 0 unspecified atom stereocenters. The lowest BCUT2D eigenvalue weighted by atomic mass is 9.95. The smallest absolute Gasteiger partial charge is 0.355 e. The maximum atomic E-state index is 5.70. The van der Waals surface area contributed by atoms with Crippen LogP contribution in [0.15, 0.2) is 35.3 Å². The van der Waals surface area contributed by atoms with E-state index in [1.807, 2.05) is 37.3 Å². The molecule has 4 heteroatoms. The number of rotatable bonds is 2. The highest BCUT2D eigenvalue weighted by atomic mass is 16.9. The molecule has 3 atom stereocenters. The van der Waals surface area contributed by atoms with Gasteiger partial charge in [-0.1, -0.05) is 30.3 Å². The zero-order valence-electron chi connectivity index (χ0n) is 9.21. The summed E-state index contributed by atoms with van der Waals surface area (Å²) in [5.74, 6) is -0.366. The second-order valence-corrected chi connectivity index (χ2v) is 3.95. The van der Waals surface area contributed by atoms with E-state index in [1.54, 1.807) is 7.11 Å². The first kappa shape index (κ1) is 9.81. The van der Waals surface area contributed by atoms with Gasteiger partial charge in [-0.15, -0.1) is 0 Å². The zero-order valence-corrected chi connectivity index (χ0v) is 9.21. The Kier molecular flexibility index (Phi) is 2.02. The van der Waals surface area contributed by atoms with Crippen LogP contribution < -0.4 is 0 Å². The van der Waals surface area contributed by atoms with E-state index in [-0.39, 0.29) is 12.1 Å². The van der Waals surface area contributed by atoms with E-state index in [2.05, 4.69) is 4.99 Å². The third-order valence-electron chi connectivity index (χ3n) is 2.96. The molecule has 0 spiro atoms. The maximum Gasteiger partial charge on any atom is 0.355 e. The van der Waals surface area contributed by atoms with Crippen molar-refractivity contribution < 1.29 is 14.2 Å². The highest BCUT2D eigenvalue weighted by Crippen LogP contribution is 2.49. The fraction of sp³-hybridized carbons (Fsp3) is 0.417. The molecule has 2 aliphatic rings. The van der Waals surface area contributed by atoms with Gasteiger partial charge in [0.1, 0.15) is 6.10 Å². The predicted molar refractivity (Wildman–Crippen MR) is 58.0 cm³/mol. The van der Waals surface area contributed by atoms with Gasteiger partial charge in [-0.05, 0) is 5.56 Å². The number of hydrogen-bond donors (Lipinski definition) is 0. The van der Waals surface area contributed by atoms with Gasteiger partial charge in [0.05, 0.1) is 0 Å². The van der Waals surface area contributed by atoms with Crippen molar-refractivity contribution in [2.45, 2.75) is 25.0 Å². The van der Waals surface area contributed by atoms with Gasteiger partial charge in [-0.2, -0.15) is 0 Å². The molecule has 4 nitrogen and oxygen atoms in total. The Bertz CT molecular complexity index is 431. The number of nitrogens with zero attached hydrogens (tertiary/aromatic N) is 1. The van der Waals surface area contributed by atoms with Gasteiger partial charge in [0.25, 0.3) is 0 Å². The zero-order chi connectivity index (χ0) is 11.2. The van der Waals surface area contributed by atoms with E-state index in [4.69, 9.17) is 14.2 Å². The van der Waals surface area contributed by atoms with Crippen LogP contribution in [-0.4, -0.2) is 25.0 Å². The number of aliphatic imine (C=N–C) groups is 1. The fourth-order valence-corrected chi connectivity index (χ4v) is 2.19. The summed E-state index contributed by atoms with van der Waals surface area (Å²) in [6, 6.07) is 9.89. The maximum absolute atomic E-state index is 5.70. The number of benzene rings is 1. The molecule has 1 saturated heterocycles. The number of fused-ring (bicyclic) bond motifs is 1. The Morgan fingerprint density at radius 2 is 2.06 bits per heavy atom. The van der Waals surface area contributed by atoms with Crippen LogP contribution in [0.25, 0.3) is 0 Å². The van der Waals surface area contributed by atoms with E-state index < -0.39 is 5.97 Å². The number of ether oxygens (including phenoxy) is 3. The largest absolute Gasteiger partial charge is 0.424 e. The normalized spacial score (nSPS) is 36.0. The molecule has 0 aliphatic carbocycles. The average molecular weight is 219 g/mol. The summed E-state index contributed by atoms with van der Waals surface area (Å²) in [6.45, 7) is 1.81. The third-order valence-corrected chi connectivity index (χ3v) is 2.96. The lowest BCUT2D eigenvalue weighted by molar-refractivity contribution is -0.432. The van der Waals surface area contributed by atoms with Crippen molar-refractivity contribution in [3.8, 4) is 0 Å². The summed E-state index contributed by atoms with van der Waals surface area (Å²) < 4.78 is 16.4. The van der Waals surface area contributed by atoms with Crippen LogP contribution in [0, 0.1) is 0 Å². The molecule has 0 radical (unpaired) electrons. The van der Waals surface area contributed by atoms with Gasteiger partial charge >= 0.3 is 5.97 Å². The molecule has 0 bridgehead atoms. The van der Waals surface area contributed by atoms with Crippen molar-refractivity contribution >= 4 is 5.90 Å². The molecule has 2 heterocycles. The minimum absolute atomic E-state index is 0.0707. The van der Waals surface area contributed by atoms with Crippen LogP contribution in [0.2, 0.25) is 0 Å². The molecule has 2 aliphatic heterocycles. The Labute approximate surface area is 93.8 Å². The van der Waals surface area contributed by atoms with Gasteiger partial charge in [-0.3, -0.25) is 0 Å². The molecule has 0 N–H and O–H groups in total. The summed E-state index contributed by atoms with van der Waals surface area (Å²) in [4.78, 5) is 4.40. The van der Waals surface area contributed by atoms with Crippen molar-refractivity contribution in [3.63, 3.8) is 0 Å². The molecule has 1 aromatic rings.